The lowest BCUT2D eigenvalue weighted by Crippen LogP contribution is -2.20. The lowest BCUT2D eigenvalue weighted by Gasteiger charge is -2.11. The van der Waals surface area contributed by atoms with Gasteiger partial charge in [0, 0.05) is 40.6 Å². The van der Waals surface area contributed by atoms with Gasteiger partial charge in [-0.05, 0) is 19.1 Å². The number of nitro groups is 1. The van der Waals surface area contributed by atoms with Crippen LogP contribution >= 0.6 is 0 Å². The Balaban J connectivity index is 2.84. The molecule has 0 heterocycles. The number of anilines is 1. The summed E-state index contributed by atoms with van der Waals surface area (Å²) in [4.78, 5) is 10.0. The summed E-state index contributed by atoms with van der Waals surface area (Å²) in [5.74, 6) is 0. The van der Waals surface area contributed by atoms with Gasteiger partial charge in [0.15, 0.2) is 0 Å². The van der Waals surface area contributed by atoms with E-state index in [2.05, 4.69) is 5.32 Å². The fourth-order valence-corrected chi connectivity index (χ4v) is 1.59. The van der Waals surface area contributed by atoms with Gasteiger partial charge in [-0.15, -0.1) is 0 Å². The van der Waals surface area contributed by atoms with E-state index < -0.39 is 15.7 Å². The van der Waals surface area contributed by atoms with Crippen LogP contribution in [0.25, 0.3) is 0 Å². The average molecular weight is 267 g/mol. The van der Waals surface area contributed by atoms with E-state index in [1.807, 2.05) is 6.92 Å². The topological polar surface area (TPSA) is 96.0 Å². The molecule has 0 fully saturated rings. The van der Waals surface area contributed by atoms with Crippen molar-refractivity contribution in [3.63, 3.8) is 0 Å². The molecule has 7 heteroatoms. The highest BCUT2D eigenvalue weighted by molar-refractivity contribution is 7.84. The molecule has 0 bridgehead atoms. The summed E-state index contributed by atoms with van der Waals surface area (Å²) < 4.78 is 11.2. The fraction of sp³-hybridized carbons (Fsp3) is 0.364. The number of hydrogen-bond donors (Lipinski definition) is 1. The molecule has 2 unspecified atom stereocenters. The molecule has 0 saturated carbocycles. The van der Waals surface area contributed by atoms with Crippen molar-refractivity contribution in [2.24, 2.45) is 0 Å². The summed E-state index contributed by atoms with van der Waals surface area (Å²) in [5, 5.41) is 22.4. The number of benzene rings is 1. The molecule has 1 aromatic rings. The molecular weight excluding hydrogens is 254 g/mol. The van der Waals surface area contributed by atoms with Gasteiger partial charge in [-0.1, -0.05) is 0 Å². The van der Waals surface area contributed by atoms with E-state index >= 15 is 0 Å². The maximum Gasteiger partial charge on any atom is 0.287 e. The Kier molecular flexibility index (Phi) is 4.80. The Hall–Kier alpha value is -1.94. The summed E-state index contributed by atoms with van der Waals surface area (Å²) in [7, 11) is -0.939. The second-order valence-corrected chi connectivity index (χ2v) is 5.59. The molecule has 96 valence electrons. The van der Waals surface area contributed by atoms with Gasteiger partial charge in [0.25, 0.3) is 5.69 Å². The number of nitrogens with one attached hydrogen (secondary N) is 1. The SMILES string of the molecule is CC(CNc1ccc([N+](=O)[O-])c(C#N)c1)S(C)=O. The molecule has 1 aromatic carbocycles. The van der Waals surface area contributed by atoms with Crippen molar-refractivity contribution in [3.05, 3.63) is 33.9 Å². The van der Waals surface area contributed by atoms with Gasteiger partial charge in [0.1, 0.15) is 11.6 Å². The molecule has 0 amide bonds. The predicted molar refractivity (Wildman–Crippen MR) is 69.8 cm³/mol. The zero-order chi connectivity index (χ0) is 13.7. The second-order valence-electron chi connectivity index (χ2n) is 3.79. The number of rotatable bonds is 5. The highest BCUT2D eigenvalue weighted by Gasteiger charge is 2.14. The third-order valence-corrected chi connectivity index (χ3v) is 3.77. The molecule has 2 atom stereocenters. The van der Waals surface area contributed by atoms with Gasteiger partial charge in [0.05, 0.1) is 4.92 Å². The van der Waals surface area contributed by atoms with Crippen LogP contribution in [0.4, 0.5) is 11.4 Å². The predicted octanol–water partition coefficient (Wildman–Crippen LogP) is 1.65. The lowest BCUT2D eigenvalue weighted by molar-refractivity contribution is -0.385. The van der Waals surface area contributed by atoms with E-state index in [-0.39, 0.29) is 16.5 Å². The van der Waals surface area contributed by atoms with Crippen LogP contribution in [0.15, 0.2) is 18.2 Å². The van der Waals surface area contributed by atoms with Gasteiger partial charge < -0.3 is 5.32 Å². The maximum atomic E-state index is 11.2. The van der Waals surface area contributed by atoms with Crippen molar-refractivity contribution in [2.45, 2.75) is 12.2 Å². The van der Waals surface area contributed by atoms with Crippen LogP contribution in [0.1, 0.15) is 12.5 Å². The standard InChI is InChI=1S/C11H13N3O3S/c1-8(18(2)17)7-13-10-3-4-11(14(15)16)9(5-10)6-12/h3-5,8,13H,7H2,1-2H3. The molecule has 0 saturated heterocycles. The van der Waals surface area contributed by atoms with Crippen LogP contribution in [0.5, 0.6) is 0 Å². The van der Waals surface area contributed by atoms with E-state index in [4.69, 9.17) is 5.26 Å². The van der Waals surface area contributed by atoms with Gasteiger partial charge in [-0.3, -0.25) is 14.3 Å². The first-order chi connectivity index (χ1) is 8.45. The zero-order valence-electron chi connectivity index (χ0n) is 10.0. The maximum absolute atomic E-state index is 11.2. The van der Waals surface area contributed by atoms with Crippen LogP contribution in [0.3, 0.4) is 0 Å². The van der Waals surface area contributed by atoms with E-state index in [1.165, 1.54) is 18.2 Å². The third kappa shape index (κ3) is 3.53. The van der Waals surface area contributed by atoms with Crippen molar-refractivity contribution in [1.29, 1.82) is 5.26 Å². The number of nitrogens with zero attached hydrogens (tertiary/aromatic N) is 2. The molecule has 1 rings (SSSR count). The Morgan fingerprint density at radius 2 is 2.28 bits per heavy atom. The second kappa shape index (κ2) is 6.12. The molecule has 0 aliphatic rings. The van der Waals surface area contributed by atoms with Gasteiger partial charge in [-0.2, -0.15) is 5.26 Å². The normalized spacial score (nSPS) is 13.4. The Labute approximate surface area is 107 Å². The van der Waals surface area contributed by atoms with Crippen molar-refractivity contribution < 1.29 is 9.13 Å². The van der Waals surface area contributed by atoms with Gasteiger partial charge in [0.2, 0.25) is 0 Å². The van der Waals surface area contributed by atoms with Crippen molar-refractivity contribution >= 4 is 22.2 Å². The summed E-state index contributed by atoms with van der Waals surface area (Å²) >= 11 is 0. The third-order valence-electron chi connectivity index (χ3n) is 2.47. The summed E-state index contributed by atoms with van der Waals surface area (Å²) in [6.45, 7) is 2.31. The van der Waals surface area contributed by atoms with Crippen molar-refractivity contribution in [1.82, 2.24) is 0 Å². The minimum Gasteiger partial charge on any atom is -0.384 e. The molecule has 0 aliphatic carbocycles. The van der Waals surface area contributed by atoms with Crippen molar-refractivity contribution in [2.75, 3.05) is 18.1 Å². The Morgan fingerprint density at radius 3 is 2.78 bits per heavy atom. The minimum atomic E-state index is -0.939. The smallest absolute Gasteiger partial charge is 0.287 e. The number of hydrogen-bond acceptors (Lipinski definition) is 5. The van der Waals surface area contributed by atoms with E-state index in [9.17, 15) is 14.3 Å². The van der Waals surface area contributed by atoms with E-state index in [0.29, 0.717) is 12.2 Å². The molecule has 1 N–H and O–H groups in total. The van der Waals surface area contributed by atoms with Crippen LogP contribution in [0, 0.1) is 21.4 Å². The number of nitriles is 1. The Morgan fingerprint density at radius 1 is 1.61 bits per heavy atom. The molecular formula is C11H13N3O3S. The van der Waals surface area contributed by atoms with E-state index in [0.717, 1.165) is 0 Å². The number of nitro benzene ring substituents is 1. The summed E-state index contributed by atoms with van der Waals surface area (Å²) in [6, 6.07) is 6.02. The lowest BCUT2D eigenvalue weighted by atomic mass is 10.1. The summed E-state index contributed by atoms with van der Waals surface area (Å²) in [6.07, 6.45) is 1.61. The molecule has 0 aliphatic heterocycles. The quantitative estimate of drug-likeness (QED) is 0.646. The minimum absolute atomic E-state index is 0.00951. The first-order valence-electron chi connectivity index (χ1n) is 5.20. The average Bonchev–Trinajstić information content (AvgIpc) is 2.34. The first-order valence-corrected chi connectivity index (χ1v) is 6.82. The van der Waals surface area contributed by atoms with Gasteiger partial charge in [-0.25, -0.2) is 0 Å². The van der Waals surface area contributed by atoms with Crippen LogP contribution in [-0.2, 0) is 10.8 Å². The van der Waals surface area contributed by atoms with Crippen LogP contribution in [0.2, 0.25) is 0 Å². The molecule has 6 nitrogen and oxygen atoms in total. The molecule has 18 heavy (non-hydrogen) atoms. The van der Waals surface area contributed by atoms with E-state index in [1.54, 1.807) is 12.3 Å². The molecule has 0 aromatic heterocycles. The zero-order valence-corrected chi connectivity index (χ0v) is 10.9. The molecule has 0 spiro atoms. The first kappa shape index (κ1) is 14.1. The molecule has 0 radical (unpaired) electrons. The fourth-order valence-electron chi connectivity index (χ4n) is 1.27. The monoisotopic (exact) mass is 267 g/mol. The van der Waals surface area contributed by atoms with Gasteiger partial charge >= 0.3 is 0 Å². The van der Waals surface area contributed by atoms with Crippen LogP contribution in [-0.4, -0.2) is 27.2 Å². The largest absolute Gasteiger partial charge is 0.384 e. The van der Waals surface area contributed by atoms with Crippen molar-refractivity contribution in [3.8, 4) is 6.07 Å². The Bertz CT molecular complexity index is 525. The summed E-state index contributed by atoms with van der Waals surface area (Å²) in [5.41, 5.74) is 0.403. The van der Waals surface area contributed by atoms with Crippen LogP contribution < -0.4 is 5.32 Å². The highest BCUT2D eigenvalue weighted by Crippen LogP contribution is 2.21. The highest BCUT2D eigenvalue weighted by atomic mass is 32.2.